The maximum Gasteiger partial charge on any atom is 0.249 e. The van der Waals surface area contributed by atoms with Crippen LogP contribution in [0.3, 0.4) is 0 Å². The lowest BCUT2D eigenvalue weighted by atomic mass is 10.1. The molecule has 3 aromatic carbocycles. The number of anilines is 1. The summed E-state index contributed by atoms with van der Waals surface area (Å²) in [5.41, 5.74) is 2.48. The van der Waals surface area contributed by atoms with Crippen LogP contribution in [0, 0.1) is 0 Å². The molecule has 0 aliphatic rings. The van der Waals surface area contributed by atoms with Crippen molar-refractivity contribution in [2.24, 2.45) is 0 Å². The van der Waals surface area contributed by atoms with Gasteiger partial charge in [0.15, 0.2) is 0 Å². The first-order valence-corrected chi connectivity index (χ1v) is 8.77. The summed E-state index contributed by atoms with van der Waals surface area (Å²) < 4.78 is 5.94. The molecule has 6 heteroatoms. The van der Waals surface area contributed by atoms with Crippen LogP contribution >= 0.6 is 11.6 Å². The van der Waals surface area contributed by atoms with Gasteiger partial charge in [-0.05, 0) is 42.0 Å². The first-order valence-electron chi connectivity index (χ1n) is 8.39. The average Bonchev–Trinajstić information content (AvgIpc) is 3.18. The summed E-state index contributed by atoms with van der Waals surface area (Å²) in [6.45, 7) is 0. The van der Waals surface area contributed by atoms with Crippen molar-refractivity contribution in [2.45, 2.75) is 6.04 Å². The van der Waals surface area contributed by atoms with Crippen LogP contribution in [-0.2, 0) is 0 Å². The van der Waals surface area contributed by atoms with Gasteiger partial charge in [0.25, 0.3) is 0 Å². The van der Waals surface area contributed by atoms with E-state index in [1.807, 2.05) is 48.5 Å². The largest absolute Gasteiger partial charge is 0.508 e. The van der Waals surface area contributed by atoms with Gasteiger partial charge in [0.2, 0.25) is 11.8 Å². The third-order valence-corrected chi connectivity index (χ3v) is 4.43. The van der Waals surface area contributed by atoms with Crippen LogP contribution in [0.5, 0.6) is 5.75 Å². The van der Waals surface area contributed by atoms with Gasteiger partial charge >= 0.3 is 0 Å². The smallest absolute Gasteiger partial charge is 0.249 e. The predicted molar refractivity (Wildman–Crippen MR) is 105 cm³/mol. The summed E-state index contributed by atoms with van der Waals surface area (Å²) in [5.74, 6) is 0.990. The van der Waals surface area contributed by atoms with Crippen LogP contribution in [0.15, 0.2) is 83.3 Å². The number of hydrogen-bond acceptors (Lipinski definition) is 5. The number of hydrogen-bond donors (Lipinski definition) is 2. The zero-order valence-electron chi connectivity index (χ0n) is 14.2. The summed E-state index contributed by atoms with van der Waals surface area (Å²) in [4.78, 5) is 0. The van der Waals surface area contributed by atoms with Crippen LogP contribution < -0.4 is 5.32 Å². The topological polar surface area (TPSA) is 71.2 Å². The highest BCUT2D eigenvalue weighted by atomic mass is 35.5. The Balaban J connectivity index is 1.71. The lowest BCUT2D eigenvalue weighted by molar-refractivity contribution is 0.475. The molecule has 0 fully saturated rings. The Bertz CT molecular complexity index is 1030. The second kappa shape index (κ2) is 7.51. The molecular weight excluding hydrogens is 362 g/mol. The van der Waals surface area contributed by atoms with E-state index in [9.17, 15) is 5.11 Å². The summed E-state index contributed by atoms with van der Waals surface area (Å²) in [6, 6.07) is 23.6. The fourth-order valence-electron chi connectivity index (χ4n) is 2.75. The Morgan fingerprint density at radius 2 is 1.56 bits per heavy atom. The fourth-order valence-corrected chi connectivity index (χ4v) is 2.97. The van der Waals surface area contributed by atoms with Gasteiger partial charge in [-0.1, -0.05) is 54.1 Å². The van der Waals surface area contributed by atoms with Gasteiger partial charge in [0, 0.05) is 5.69 Å². The summed E-state index contributed by atoms with van der Waals surface area (Å²) in [5, 5.41) is 21.8. The molecule has 2 N–H and O–H groups in total. The number of rotatable bonds is 5. The number of halogens is 1. The molecule has 4 aromatic rings. The number of phenols is 1. The first-order chi connectivity index (χ1) is 13.2. The van der Waals surface area contributed by atoms with Gasteiger partial charge in [-0.3, -0.25) is 0 Å². The molecule has 134 valence electrons. The van der Waals surface area contributed by atoms with Gasteiger partial charge in [-0.25, -0.2) is 0 Å². The van der Waals surface area contributed by atoms with Crippen molar-refractivity contribution >= 4 is 17.3 Å². The van der Waals surface area contributed by atoms with E-state index in [4.69, 9.17) is 16.0 Å². The molecule has 1 unspecified atom stereocenters. The monoisotopic (exact) mass is 377 g/mol. The number of phenolic OH excluding ortho intramolecular Hbond substituents is 1. The highest BCUT2D eigenvalue weighted by Gasteiger charge is 2.22. The SMILES string of the molecule is Oc1ccc(NC(c2ccccc2)c2nnc(-c3ccccc3Cl)o2)cc1. The summed E-state index contributed by atoms with van der Waals surface area (Å²) >= 11 is 6.24. The molecule has 1 heterocycles. The Morgan fingerprint density at radius 3 is 2.30 bits per heavy atom. The zero-order valence-corrected chi connectivity index (χ0v) is 15.0. The van der Waals surface area contributed by atoms with Gasteiger partial charge in [-0.15, -0.1) is 10.2 Å². The highest BCUT2D eigenvalue weighted by molar-refractivity contribution is 6.33. The number of benzene rings is 3. The minimum absolute atomic E-state index is 0.204. The van der Waals surface area contributed by atoms with E-state index >= 15 is 0 Å². The Labute approximate surface area is 161 Å². The maximum atomic E-state index is 9.50. The molecule has 27 heavy (non-hydrogen) atoms. The number of nitrogens with one attached hydrogen (secondary N) is 1. The molecule has 0 saturated carbocycles. The number of aromatic hydroxyl groups is 1. The molecule has 0 saturated heterocycles. The van der Waals surface area contributed by atoms with Crippen LogP contribution in [0.2, 0.25) is 5.02 Å². The van der Waals surface area contributed by atoms with Crippen LogP contribution in [0.1, 0.15) is 17.5 Å². The normalized spacial score (nSPS) is 11.9. The third-order valence-electron chi connectivity index (χ3n) is 4.10. The van der Waals surface area contributed by atoms with E-state index in [1.165, 1.54) is 0 Å². The first kappa shape index (κ1) is 17.1. The molecule has 1 atom stereocenters. The molecule has 0 amide bonds. The van der Waals surface area contributed by atoms with E-state index in [-0.39, 0.29) is 11.8 Å². The Kier molecular flexibility index (Phi) is 4.77. The van der Waals surface area contributed by atoms with Crippen LogP contribution in [-0.4, -0.2) is 15.3 Å². The molecule has 0 aliphatic heterocycles. The lowest BCUT2D eigenvalue weighted by Crippen LogP contribution is -2.12. The van der Waals surface area contributed by atoms with E-state index in [0.29, 0.717) is 22.4 Å². The third kappa shape index (κ3) is 3.78. The molecule has 1 aromatic heterocycles. The minimum atomic E-state index is -0.348. The van der Waals surface area contributed by atoms with Gasteiger partial charge in [0.1, 0.15) is 11.8 Å². The number of aromatic nitrogens is 2. The van der Waals surface area contributed by atoms with Gasteiger partial charge in [-0.2, -0.15) is 0 Å². The molecule has 4 rings (SSSR count). The van der Waals surface area contributed by atoms with Crippen molar-refractivity contribution in [3.05, 3.63) is 95.3 Å². The van der Waals surface area contributed by atoms with Crippen molar-refractivity contribution in [2.75, 3.05) is 5.32 Å². The fraction of sp³-hybridized carbons (Fsp3) is 0.0476. The van der Waals surface area contributed by atoms with Crippen molar-refractivity contribution < 1.29 is 9.52 Å². The van der Waals surface area contributed by atoms with E-state index < -0.39 is 0 Å². The average molecular weight is 378 g/mol. The Hall–Kier alpha value is -3.31. The van der Waals surface area contributed by atoms with Crippen molar-refractivity contribution in [1.29, 1.82) is 0 Å². The highest BCUT2D eigenvalue weighted by Crippen LogP contribution is 2.31. The van der Waals surface area contributed by atoms with Crippen molar-refractivity contribution in [3.8, 4) is 17.2 Å². The zero-order chi connectivity index (χ0) is 18.6. The second-order valence-electron chi connectivity index (χ2n) is 5.96. The molecule has 5 nitrogen and oxygen atoms in total. The molecule has 0 aliphatic carbocycles. The lowest BCUT2D eigenvalue weighted by Gasteiger charge is -2.17. The molecular formula is C21H16ClN3O2. The van der Waals surface area contributed by atoms with Crippen LogP contribution in [0.4, 0.5) is 5.69 Å². The summed E-state index contributed by atoms with van der Waals surface area (Å²) in [6.07, 6.45) is 0. The number of nitrogens with zero attached hydrogens (tertiary/aromatic N) is 2. The van der Waals surface area contributed by atoms with Gasteiger partial charge in [0.05, 0.1) is 10.6 Å². The van der Waals surface area contributed by atoms with Crippen molar-refractivity contribution in [3.63, 3.8) is 0 Å². The summed E-state index contributed by atoms with van der Waals surface area (Å²) in [7, 11) is 0. The van der Waals surface area contributed by atoms with Crippen molar-refractivity contribution in [1.82, 2.24) is 10.2 Å². The minimum Gasteiger partial charge on any atom is -0.508 e. The van der Waals surface area contributed by atoms with Gasteiger partial charge < -0.3 is 14.8 Å². The Morgan fingerprint density at radius 1 is 0.852 bits per heavy atom. The molecule has 0 radical (unpaired) electrons. The predicted octanol–water partition coefficient (Wildman–Crippen LogP) is 5.30. The quantitative estimate of drug-likeness (QED) is 0.462. The van der Waals surface area contributed by atoms with Crippen LogP contribution in [0.25, 0.3) is 11.5 Å². The van der Waals surface area contributed by atoms with E-state index in [1.54, 1.807) is 30.3 Å². The van der Waals surface area contributed by atoms with E-state index in [2.05, 4.69) is 15.5 Å². The molecule has 0 spiro atoms. The standard InChI is InChI=1S/C21H16ClN3O2/c22-18-9-5-4-8-17(18)20-24-25-21(27-20)19(14-6-2-1-3-7-14)23-15-10-12-16(26)13-11-15/h1-13,19,23,26H. The second-order valence-corrected chi connectivity index (χ2v) is 6.37. The molecule has 0 bridgehead atoms. The van der Waals surface area contributed by atoms with E-state index in [0.717, 1.165) is 11.3 Å². The maximum absolute atomic E-state index is 9.50.